The average molecular weight is 1110 g/mol. The van der Waals surface area contributed by atoms with E-state index >= 15 is 28.8 Å². The number of aromatic nitrogens is 1. The maximum atomic E-state index is 15.8. The Morgan fingerprint density at radius 1 is 0.622 bits per heavy atom. The van der Waals surface area contributed by atoms with Crippen molar-refractivity contribution < 1.29 is 43.0 Å². The summed E-state index contributed by atoms with van der Waals surface area (Å²) in [6.45, 7) is 1.81. The Morgan fingerprint density at radius 3 is 2.02 bits per heavy atom. The van der Waals surface area contributed by atoms with Crippen LogP contribution in [0.1, 0.15) is 65.5 Å². The summed E-state index contributed by atoms with van der Waals surface area (Å²) in [6, 6.07) is 34.1. The number of benzene rings is 5. The molecule has 7 atom stereocenters. The van der Waals surface area contributed by atoms with Crippen molar-refractivity contribution in [2.75, 3.05) is 32.7 Å². The normalized spacial score (nSPS) is 23.0. The van der Waals surface area contributed by atoms with E-state index in [2.05, 4.69) is 36.9 Å². The number of ether oxygens (including phenoxy) is 2. The number of amides is 7. The highest BCUT2D eigenvalue weighted by atomic mass is 16.6. The first-order valence-corrected chi connectivity index (χ1v) is 28.6. The molecular weight excluding hydrogens is 1040 g/mol. The monoisotopic (exact) mass is 1110 g/mol. The van der Waals surface area contributed by atoms with Crippen LogP contribution in [0.15, 0.2) is 140 Å². The SMILES string of the molecule is NCCNC(=O)O[C@@H]1C[C@H]2C(=O)N[C@@H](CCc3ccccc3)C(=O)N[C@@H](Cc3c[nH]c4ccccc34)C(=O)N[C@@H](CC3CCNCC3)C(=O)N[C@@H](Cc3ccc(OCc4ccccc4)cc3)C(=O)N3Cc4ccccc4C[C@H]3C(=O)N2C1. The molecule has 0 spiro atoms. The van der Waals surface area contributed by atoms with Crippen molar-refractivity contribution in [3.05, 3.63) is 173 Å². The second kappa shape index (κ2) is 26.8. The molecule has 19 nitrogen and oxygen atoms in total. The summed E-state index contributed by atoms with van der Waals surface area (Å²) in [6.07, 6.45) is 2.10. The van der Waals surface area contributed by atoms with E-state index in [0.29, 0.717) is 37.4 Å². The predicted octanol–water partition coefficient (Wildman–Crippen LogP) is 4.12. The molecule has 7 amide bonds. The van der Waals surface area contributed by atoms with Gasteiger partial charge in [-0.3, -0.25) is 28.8 Å². The third-order valence-electron chi connectivity index (χ3n) is 16.2. The van der Waals surface area contributed by atoms with Crippen LogP contribution in [0.5, 0.6) is 5.75 Å². The number of fused-ring (bicyclic) bond motifs is 4. The number of para-hydroxylation sites is 1. The largest absolute Gasteiger partial charge is 0.489 e. The number of aromatic amines is 1. The Balaban J connectivity index is 1.05. The van der Waals surface area contributed by atoms with Crippen LogP contribution >= 0.6 is 0 Å². The van der Waals surface area contributed by atoms with Crippen LogP contribution in [0.25, 0.3) is 10.9 Å². The van der Waals surface area contributed by atoms with Crippen LogP contribution in [-0.2, 0) is 72.3 Å². The highest BCUT2D eigenvalue weighted by Crippen LogP contribution is 2.31. The van der Waals surface area contributed by atoms with Crippen LogP contribution in [0.4, 0.5) is 4.79 Å². The smallest absolute Gasteiger partial charge is 0.407 e. The van der Waals surface area contributed by atoms with E-state index in [1.807, 2.05) is 121 Å². The number of rotatable bonds is 15. The Labute approximate surface area is 476 Å². The Kier molecular flexibility index (Phi) is 18.5. The number of nitrogens with two attached hydrogens (primary N) is 1. The summed E-state index contributed by atoms with van der Waals surface area (Å²) in [5, 5.41) is 18.9. The number of hydrogen-bond acceptors (Lipinski definition) is 11. The van der Waals surface area contributed by atoms with E-state index in [9.17, 15) is 4.79 Å². The predicted molar refractivity (Wildman–Crippen MR) is 308 cm³/mol. The molecule has 19 heteroatoms. The third kappa shape index (κ3) is 14.1. The zero-order valence-corrected chi connectivity index (χ0v) is 45.9. The highest BCUT2D eigenvalue weighted by molar-refractivity contribution is 5.99. The molecule has 10 rings (SSSR count). The molecule has 1 aromatic heterocycles. The van der Waals surface area contributed by atoms with E-state index in [4.69, 9.17) is 15.2 Å². The molecule has 0 bridgehead atoms. The molecule has 3 saturated heterocycles. The molecule has 0 aliphatic carbocycles. The number of aryl methyl sites for hydroxylation is 1. The molecule has 428 valence electrons. The van der Waals surface area contributed by atoms with Crippen molar-refractivity contribution in [2.24, 2.45) is 11.7 Å². The highest BCUT2D eigenvalue weighted by Gasteiger charge is 2.48. The number of carbonyl (C=O) groups is 7. The van der Waals surface area contributed by atoms with E-state index < -0.39 is 83.9 Å². The second-order valence-electron chi connectivity index (χ2n) is 21.8. The zero-order valence-electron chi connectivity index (χ0n) is 45.9. The van der Waals surface area contributed by atoms with E-state index in [-0.39, 0.29) is 70.6 Å². The minimum Gasteiger partial charge on any atom is -0.489 e. The van der Waals surface area contributed by atoms with Gasteiger partial charge in [-0.2, -0.15) is 0 Å². The first-order valence-electron chi connectivity index (χ1n) is 28.6. The van der Waals surface area contributed by atoms with Crippen molar-refractivity contribution >= 4 is 52.4 Å². The molecule has 3 fully saturated rings. The minimum atomic E-state index is -1.28. The van der Waals surface area contributed by atoms with Gasteiger partial charge in [-0.15, -0.1) is 0 Å². The van der Waals surface area contributed by atoms with Gasteiger partial charge in [0.05, 0.1) is 6.54 Å². The van der Waals surface area contributed by atoms with Crippen LogP contribution in [0.3, 0.4) is 0 Å². The van der Waals surface area contributed by atoms with Gasteiger partial charge in [-0.05, 0) is 103 Å². The van der Waals surface area contributed by atoms with Gasteiger partial charge in [0.1, 0.15) is 54.7 Å². The lowest BCUT2D eigenvalue weighted by molar-refractivity contribution is -0.151. The van der Waals surface area contributed by atoms with E-state index in [0.717, 1.165) is 51.6 Å². The molecule has 4 aliphatic rings. The minimum absolute atomic E-state index is 0.00274. The molecule has 5 aromatic carbocycles. The number of alkyl carbamates (subject to hydrolysis) is 1. The summed E-state index contributed by atoms with van der Waals surface area (Å²) < 4.78 is 11.9. The van der Waals surface area contributed by atoms with Crippen molar-refractivity contribution in [1.29, 1.82) is 0 Å². The quantitative estimate of drug-likeness (QED) is 0.0726. The number of hydrogen-bond donors (Lipinski definition) is 8. The van der Waals surface area contributed by atoms with Gasteiger partial charge in [0.25, 0.3) is 0 Å². The molecule has 5 heterocycles. The Hall–Kier alpha value is -8.55. The zero-order chi connectivity index (χ0) is 57.0. The standard InChI is InChI=1S/C63H72N10O9/c64-27-30-66-63(80)82-48-35-55-60(77)68-51(24-21-40-11-3-1-4-12-40)57(74)70-53(33-46-36-67-50-18-10-9-17-49(46)50)59(76)69-52(31-42-25-28-65-29-26-42)58(75)71-54(32-41-19-22-47(23-20-41)81-39-43-13-5-2-6-14-43)61(78)72-37-45-16-8-7-15-44(45)34-56(72)62(79)73(55)38-48/h1-20,22-23,36,42,48,51-56,65,67H,21,24-35,37-39,64H2,(H,66,80)(H,68,77)(H,69,76)(H,70,74)(H,71,75)/t48-,51+,52+,53+,54+,55+,56+/m1/s1. The number of carbonyl (C=O) groups excluding carboxylic acids is 7. The van der Waals surface area contributed by atoms with Crippen molar-refractivity contribution in [2.45, 2.75) is 113 Å². The number of H-pyrrole nitrogens is 1. The van der Waals surface area contributed by atoms with Crippen LogP contribution in [-0.4, -0.2) is 131 Å². The van der Waals surface area contributed by atoms with E-state index in [1.165, 1.54) is 9.80 Å². The lowest BCUT2D eigenvalue weighted by atomic mass is 9.90. The molecular formula is C63H72N10O9. The number of piperidine rings is 1. The lowest BCUT2D eigenvalue weighted by Crippen LogP contribution is -2.63. The first kappa shape index (κ1) is 56.7. The summed E-state index contributed by atoms with van der Waals surface area (Å²) >= 11 is 0. The van der Waals surface area contributed by atoms with Crippen molar-refractivity contribution in [3.63, 3.8) is 0 Å². The molecule has 82 heavy (non-hydrogen) atoms. The van der Waals surface area contributed by atoms with Gasteiger partial charge in [-0.1, -0.05) is 115 Å². The maximum absolute atomic E-state index is 15.8. The summed E-state index contributed by atoms with van der Waals surface area (Å²) in [5.41, 5.74) is 11.4. The maximum Gasteiger partial charge on any atom is 0.407 e. The second-order valence-corrected chi connectivity index (χ2v) is 21.8. The van der Waals surface area contributed by atoms with Crippen LogP contribution in [0.2, 0.25) is 0 Å². The molecule has 4 aliphatic heterocycles. The first-order chi connectivity index (χ1) is 40.0. The average Bonchev–Trinajstić information content (AvgIpc) is 4.30. The summed E-state index contributed by atoms with van der Waals surface area (Å²) in [5.74, 6) is -3.12. The van der Waals surface area contributed by atoms with Gasteiger partial charge in [0.2, 0.25) is 35.4 Å². The van der Waals surface area contributed by atoms with Gasteiger partial charge in [0.15, 0.2) is 0 Å². The fraction of sp³-hybridized carbons (Fsp3) is 0.381. The summed E-state index contributed by atoms with van der Waals surface area (Å²) in [7, 11) is 0. The third-order valence-corrected chi connectivity index (χ3v) is 16.2. The Morgan fingerprint density at radius 2 is 1.27 bits per heavy atom. The van der Waals surface area contributed by atoms with E-state index in [1.54, 1.807) is 18.3 Å². The number of nitrogens with one attached hydrogen (secondary N) is 7. The van der Waals surface area contributed by atoms with Gasteiger partial charge >= 0.3 is 6.09 Å². The van der Waals surface area contributed by atoms with Gasteiger partial charge in [-0.25, -0.2) is 4.79 Å². The van der Waals surface area contributed by atoms with Gasteiger partial charge < -0.3 is 61.9 Å². The molecule has 0 unspecified atom stereocenters. The molecule has 0 saturated carbocycles. The van der Waals surface area contributed by atoms with Crippen molar-refractivity contribution in [1.82, 2.24) is 46.7 Å². The van der Waals surface area contributed by atoms with Crippen molar-refractivity contribution in [3.8, 4) is 5.75 Å². The fourth-order valence-corrected chi connectivity index (χ4v) is 11.7. The molecule has 0 radical (unpaired) electrons. The van der Waals surface area contributed by atoms with Crippen LogP contribution < -0.4 is 42.4 Å². The molecule has 9 N–H and O–H groups in total. The van der Waals surface area contributed by atoms with Crippen LogP contribution in [0, 0.1) is 5.92 Å². The topological polar surface area (TPSA) is 258 Å². The molecule has 6 aromatic rings. The number of nitrogens with zero attached hydrogens (tertiary/aromatic N) is 2. The fourth-order valence-electron chi connectivity index (χ4n) is 11.7. The Bertz CT molecular complexity index is 3210. The van der Waals surface area contributed by atoms with Gasteiger partial charge in [0, 0.05) is 62.4 Å². The lowest BCUT2D eigenvalue weighted by Gasteiger charge is -2.40. The summed E-state index contributed by atoms with van der Waals surface area (Å²) in [4.78, 5) is 112.